The number of nitro benzene ring substituents is 1. The van der Waals surface area contributed by atoms with Crippen LogP contribution in [0.1, 0.15) is 5.56 Å². The number of primary amides is 1. The fraction of sp³-hybridized carbons (Fsp3) is 0.0556. The lowest BCUT2D eigenvalue weighted by Crippen LogP contribution is -2.26. The molecule has 1 aromatic heterocycles. The summed E-state index contributed by atoms with van der Waals surface area (Å²) in [6.07, 6.45) is -0.0927. The van der Waals surface area contributed by atoms with E-state index in [1.165, 1.54) is 17.4 Å². The molecule has 0 aliphatic heterocycles. The van der Waals surface area contributed by atoms with E-state index >= 15 is 0 Å². The minimum atomic E-state index is -0.795. The maximum atomic E-state index is 11.7. The van der Waals surface area contributed by atoms with Crippen LogP contribution in [0.25, 0.3) is 11.3 Å². The van der Waals surface area contributed by atoms with Gasteiger partial charge in [0.25, 0.3) is 11.6 Å². The van der Waals surface area contributed by atoms with Gasteiger partial charge in [-0.3, -0.25) is 20.3 Å². The number of halogens is 2. The van der Waals surface area contributed by atoms with Crippen molar-refractivity contribution in [3.05, 3.63) is 73.6 Å². The molecule has 3 aromatic rings. The zero-order valence-electron chi connectivity index (χ0n) is 14.6. The van der Waals surface area contributed by atoms with E-state index in [4.69, 9.17) is 28.9 Å². The van der Waals surface area contributed by atoms with Crippen molar-refractivity contribution in [2.75, 3.05) is 5.43 Å². The van der Waals surface area contributed by atoms with Crippen LogP contribution in [0, 0.1) is 10.1 Å². The number of thiazole rings is 1. The minimum absolute atomic E-state index is 0.0643. The number of anilines is 1. The van der Waals surface area contributed by atoms with Gasteiger partial charge in [-0.25, -0.2) is 4.98 Å². The number of benzene rings is 2. The highest BCUT2D eigenvalue weighted by molar-refractivity contribution is 7.14. The van der Waals surface area contributed by atoms with Crippen LogP contribution < -0.4 is 11.2 Å². The van der Waals surface area contributed by atoms with Crippen LogP contribution in [0.2, 0.25) is 10.0 Å². The van der Waals surface area contributed by atoms with E-state index in [1.54, 1.807) is 41.8 Å². The standard InChI is InChI=1S/C18H13Cl2N5O3S/c19-12-6-5-10(7-13(12)20)15-9-29-18(22-15)24-23-14(17(21)26)8-11-3-1-2-4-16(11)25(27)28/h1-7,9H,8H2,(H2,21,26)(H,22,24)/b23-14+. The number of hydrazone groups is 1. The van der Waals surface area contributed by atoms with Crippen LogP contribution >= 0.6 is 34.5 Å². The first kappa shape index (κ1) is 20.7. The number of aromatic nitrogens is 1. The lowest BCUT2D eigenvalue weighted by molar-refractivity contribution is -0.385. The maximum Gasteiger partial charge on any atom is 0.272 e. The molecular weight excluding hydrogens is 437 g/mol. The van der Waals surface area contributed by atoms with Crippen LogP contribution in [0.15, 0.2) is 52.9 Å². The Bertz CT molecular complexity index is 1120. The fourth-order valence-corrected chi connectivity index (χ4v) is 3.39. The molecule has 0 aliphatic rings. The molecule has 3 rings (SSSR count). The third-order valence-corrected chi connectivity index (χ3v) is 5.32. The number of carbonyl (C=O) groups excluding carboxylic acids is 1. The quantitative estimate of drug-likeness (QED) is 0.311. The van der Waals surface area contributed by atoms with E-state index in [-0.39, 0.29) is 17.8 Å². The summed E-state index contributed by atoms with van der Waals surface area (Å²) in [6, 6.07) is 11.2. The number of rotatable bonds is 7. The fourth-order valence-electron chi connectivity index (χ4n) is 2.43. The molecule has 1 amide bonds. The first-order valence-electron chi connectivity index (χ1n) is 8.10. The molecular formula is C18H13Cl2N5O3S. The highest BCUT2D eigenvalue weighted by Crippen LogP contribution is 2.30. The number of para-hydroxylation sites is 1. The minimum Gasteiger partial charge on any atom is -0.364 e. The molecule has 148 valence electrons. The van der Waals surface area contributed by atoms with E-state index < -0.39 is 10.8 Å². The molecule has 0 saturated heterocycles. The summed E-state index contributed by atoms with van der Waals surface area (Å²) in [6.45, 7) is 0. The molecule has 29 heavy (non-hydrogen) atoms. The third kappa shape index (κ3) is 5.08. The van der Waals surface area contributed by atoms with Crippen molar-refractivity contribution in [1.29, 1.82) is 0 Å². The summed E-state index contributed by atoms with van der Waals surface area (Å²) < 4.78 is 0. The first-order valence-corrected chi connectivity index (χ1v) is 9.74. The van der Waals surface area contributed by atoms with Gasteiger partial charge in [-0.2, -0.15) is 5.10 Å². The van der Waals surface area contributed by atoms with Gasteiger partial charge in [-0.15, -0.1) is 11.3 Å². The van der Waals surface area contributed by atoms with Gasteiger partial charge in [0.2, 0.25) is 5.13 Å². The highest BCUT2D eigenvalue weighted by atomic mass is 35.5. The van der Waals surface area contributed by atoms with Gasteiger partial charge in [0.05, 0.1) is 20.7 Å². The number of amides is 1. The summed E-state index contributed by atoms with van der Waals surface area (Å²) in [4.78, 5) is 26.7. The van der Waals surface area contributed by atoms with Gasteiger partial charge in [0, 0.05) is 29.0 Å². The predicted molar refractivity (Wildman–Crippen MR) is 115 cm³/mol. The molecule has 2 aromatic carbocycles. The van der Waals surface area contributed by atoms with E-state index in [9.17, 15) is 14.9 Å². The highest BCUT2D eigenvalue weighted by Gasteiger charge is 2.17. The molecule has 0 atom stereocenters. The Hall–Kier alpha value is -3.01. The van der Waals surface area contributed by atoms with E-state index in [0.717, 1.165) is 5.56 Å². The average molecular weight is 450 g/mol. The SMILES string of the molecule is NC(=O)/C(Cc1ccccc1[N+](=O)[O-])=N/Nc1nc(-c2ccc(Cl)c(Cl)c2)cs1. The second-order valence-electron chi connectivity index (χ2n) is 5.76. The van der Waals surface area contributed by atoms with Crippen molar-refractivity contribution in [3.8, 4) is 11.3 Å². The third-order valence-electron chi connectivity index (χ3n) is 3.84. The van der Waals surface area contributed by atoms with Crippen molar-refractivity contribution >= 4 is 57.0 Å². The topological polar surface area (TPSA) is 124 Å². The normalized spacial score (nSPS) is 11.3. The Labute approximate surface area is 179 Å². The van der Waals surface area contributed by atoms with Crippen molar-refractivity contribution in [2.45, 2.75) is 6.42 Å². The summed E-state index contributed by atoms with van der Waals surface area (Å²) in [5.74, 6) is -0.795. The van der Waals surface area contributed by atoms with Gasteiger partial charge in [0.1, 0.15) is 5.71 Å². The Morgan fingerprint density at radius 3 is 2.69 bits per heavy atom. The van der Waals surface area contributed by atoms with Crippen LogP contribution in [0.4, 0.5) is 10.8 Å². The van der Waals surface area contributed by atoms with E-state index in [0.29, 0.717) is 26.4 Å². The molecule has 0 fully saturated rings. The molecule has 0 unspecified atom stereocenters. The first-order chi connectivity index (χ1) is 13.8. The number of hydrogen-bond donors (Lipinski definition) is 2. The number of carbonyl (C=O) groups is 1. The molecule has 8 nitrogen and oxygen atoms in total. The Morgan fingerprint density at radius 1 is 1.24 bits per heavy atom. The summed E-state index contributed by atoms with van der Waals surface area (Å²) in [5.41, 5.74) is 9.61. The second kappa shape index (κ2) is 8.99. The van der Waals surface area contributed by atoms with Gasteiger partial charge in [0.15, 0.2) is 0 Å². The van der Waals surface area contributed by atoms with Crippen LogP contribution in [0.3, 0.4) is 0 Å². The largest absolute Gasteiger partial charge is 0.364 e. The van der Waals surface area contributed by atoms with Gasteiger partial charge < -0.3 is 5.73 Å². The zero-order chi connectivity index (χ0) is 21.0. The number of nitrogens with zero attached hydrogens (tertiary/aromatic N) is 3. The summed E-state index contributed by atoms with van der Waals surface area (Å²) in [5, 5.41) is 18.2. The van der Waals surface area contributed by atoms with Crippen LogP contribution in [0.5, 0.6) is 0 Å². The maximum absolute atomic E-state index is 11.7. The van der Waals surface area contributed by atoms with Crippen molar-refractivity contribution in [1.82, 2.24) is 4.98 Å². The number of hydrogen-bond acceptors (Lipinski definition) is 7. The molecule has 0 saturated carbocycles. The second-order valence-corrected chi connectivity index (χ2v) is 7.44. The molecule has 1 heterocycles. The van der Waals surface area contributed by atoms with Gasteiger partial charge >= 0.3 is 0 Å². The predicted octanol–water partition coefficient (Wildman–Crippen LogP) is 4.52. The summed E-state index contributed by atoms with van der Waals surface area (Å²) in [7, 11) is 0. The van der Waals surface area contributed by atoms with Crippen LogP contribution in [-0.4, -0.2) is 21.5 Å². The monoisotopic (exact) mass is 449 g/mol. The van der Waals surface area contributed by atoms with Crippen molar-refractivity contribution in [3.63, 3.8) is 0 Å². The van der Waals surface area contributed by atoms with Crippen LogP contribution in [-0.2, 0) is 11.2 Å². The summed E-state index contributed by atoms with van der Waals surface area (Å²) >= 11 is 13.2. The van der Waals surface area contributed by atoms with E-state index in [2.05, 4.69) is 15.5 Å². The lowest BCUT2D eigenvalue weighted by atomic mass is 10.1. The molecule has 0 spiro atoms. The zero-order valence-corrected chi connectivity index (χ0v) is 17.0. The molecule has 0 bridgehead atoms. The Kier molecular flexibility index (Phi) is 6.42. The smallest absolute Gasteiger partial charge is 0.272 e. The number of nitrogens with one attached hydrogen (secondary N) is 1. The van der Waals surface area contributed by atoms with Gasteiger partial charge in [-0.05, 0) is 12.1 Å². The number of nitro groups is 1. The van der Waals surface area contributed by atoms with Gasteiger partial charge in [-0.1, -0.05) is 47.5 Å². The molecule has 0 aliphatic carbocycles. The average Bonchev–Trinajstić information content (AvgIpc) is 3.16. The number of nitrogens with two attached hydrogens (primary N) is 1. The Balaban J connectivity index is 1.80. The molecule has 0 radical (unpaired) electrons. The van der Waals surface area contributed by atoms with Crippen molar-refractivity contribution < 1.29 is 9.72 Å². The lowest BCUT2D eigenvalue weighted by Gasteiger charge is -2.04. The molecule has 11 heteroatoms. The Morgan fingerprint density at radius 2 is 2.00 bits per heavy atom. The molecule has 3 N–H and O–H groups in total. The van der Waals surface area contributed by atoms with Crippen molar-refractivity contribution in [2.24, 2.45) is 10.8 Å². The van der Waals surface area contributed by atoms with E-state index in [1.807, 2.05) is 0 Å².